The van der Waals surface area contributed by atoms with Gasteiger partial charge in [-0.2, -0.15) is 0 Å². The van der Waals surface area contributed by atoms with Gasteiger partial charge in [0.1, 0.15) is 16.8 Å². The van der Waals surface area contributed by atoms with E-state index in [4.69, 9.17) is 14.2 Å². The lowest BCUT2D eigenvalue weighted by atomic mass is 10.1. The highest BCUT2D eigenvalue weighted by molar-refractivity contribution is 7.17. The summed E-state index contributed by atoms with van der Waals surface area (Å²) < 4.78 is 18.0. The zero-order valence-corrected chi connectivity index (χ0v) is 16.4. The number of aromatic nitrogens is 2. The number of ether oxygens (including phenoxy) is 3. The van der Waals surface area contributed by atoms with E-state index in [1.165, 1.54) is 15.9 Å². The van der Waals surface area contributed by atoms with Gasteiger partial charge < -0.3 is 14.2 Å². The van der Waals surface area contributed by atoms with Crippen LogP contribution in [-0.2, 0) is 0 Å². The molecule has 0 aliphatic carbocycles. The highest BCUT2D eigenvalue weighted by atomic mass is 32.1. The summed E-state index contributed by atoms with van der Waals surface area (Å²) in [7, 11) is 4.80. The minimum Gasteiger partial charge on any atom is -0.497 e. The van der Waals surface area contributed by atoms with E-state index in [-0.39, 0.29) is 5.56 Å². The fourth-order valence-corrected chi connectivity index (χ4v) is 4.00. The van der Waals surface area contributed by atoms with Gasteiger partial charge in [0, 0.05) is 10.9 Å². The van der Waals surface area contributed by atoms with Crippen molar-refractivity contribution in [3.05, 3.63) is 64.5 Å². The van der Waals surface area contributed by atoms with Crippen molar-refractivity contribution in [2.24, 2.45) is 0 Å². The Labute approximate surface area is 165 Å². The molecule has 2 heterocycles. The molecule has 6 nitrogen and oxygen atoms in total. The minimum atomic E-state index is -0.105. The maximum atomic E-state index is 13.0. The van der Waals surface area contributed by atoms with Gasteiger partial charge >= 0.3 is 0 Å². The first-order chi connectivity index (χ1) is 13.7. The van der Waals surface area contributed by atoms with Crippen LogP contribution in [0.2, 0.25) is 0 Å². The highest BCUT2D eigenvalue weighted by Gasteiger charge is 2.15. The molecule has 0 radical (unpaired) electrons. The summed E-state index contributed by atoms with van der Waals surface area (Å²) in [5.74, 6) is 2.02. The monoisotopic (exact) mass is 394 g/mol. The third-order valence-corrected chi connectivity index (χ3v) is 5.48. The molecule has 0 aliphatic heterocycles. The van der Waals surface area contributed by atoms with Crippen LogP contribution >= 0.6 is 11.3 Å². The second kappa shape index (κ2) is 7.36. The molecule has 0 aliphatic rings. The van der Waals surface area contributed by atoms with Gasteiger partial charge in [0.05, 0.1) is 32.5 Å². The number of fused-ring (bicyclic) bond motifs is 1. The van der Waals surface area contributed by atoms with Crippen LogP contribution in [0.3, 0.4) is 0 Å². The molecular weight excluding hydrogens is 376 g/mol. The number of thiophene rings is 1. The van der Waals surface area contributed by atoms with E-state index in [2.05, 4.69) is 4.98 Å². The Bertz CT molecular complexity index is 1200. The lowest BCUT2D eigenvalue weighted by Gasteiger charge is -2.09. The van der Waals surface area contributed by atoms with Crippen molar-refractivity contribution in [3.63, 3.8) is 0 Å². The van der Waals surface area contributed by atoms with E-state index in [1.807, 2.05) is 47.8 Å². The van der Waals surface area contributed by atoms with Gasteiger partial charge in [-0.15, -0.1) is 11.3 Å². The Kier molecular flexibility index (Phi) is 4.75. The smallest absolute Gasteiger partial charge is 0.275 e. The van der Waals surface area contributed by atoms with Crippen LogP contribution in [0.15, 0.2) is 59.0 Å². The second-order valence-corrected chi connectivity index (χ2v) is 6.89. The quantitative estimate of drug-likeness (QED) is 0.509. The third-order valence-electron chi connectivity index (χ3n) is 4.53. The lowest BCUT2D eigenvalue weighted by Crippen LogP contribution is -2.17. The van der Waals surface area contributed by atoms with E-state index < -0.39 is 0 Å². The van der Waals surface area contributed by atoms with Crippen LogP contribution in [0, 0.1) is 0 Å². The standard InChI is InChI=1S/C21H18N2O4S/c1-25-15-7-5-14(6-8-15)23-12-22-19-16(11-28-20(19)21(23)24)13-4-9-17(26-2)18(10-13)27-3/h4-12H,1-3H3. The minimum absolute atomic E-state index is 0.105. The van der Waals surface area contributed by atoms with Gasteiger partial charge in [0.2, 0.25) is 0 Å². The summed E-state index contributed by atoms with van der Waals surface area (Å²) in [6.07, 6.45) is 1.56. The highest BCUT2D eigenvalue weighted by Crippen LogP contribution is 2.36. The topological polar surface area (TPSA) is 62.6 Å². The average Bonchev–Trinajstić information content (AvgIpc) is 3.18. The molecule has 4 aromatic rings. The Balaban J connectivity index is 1.81. The van der Waals surface area contributed by atoms with Crippen LogP contribution < -0.4 is 19.8 Å². The second-order valence-electron chi connectivity index (χ2n) is 6.01. The van der Waals surface area contributed by atoms with Gasteiger partial charge in [-0.3, -0.25) is 9.36 Å². The average molecular weight is 394 g/mol. The van der Waals surface area contributed by atoms with Crippen LogP contribution in [0.4, 0.5) is 0 Å². The fourth-order valence-electron chi connectivity index (χ4n) is 3.04. The van der Waals surface area contributed by atoms with Gasteiger partial charge in [-0.1, -0.05) is 6.07 Å². The van der Waals surface area contributed by atoms with E-state index >= 15 is 0 Å². The molecule has 0 unspecified atom stereocenters. The van der Waals surface area contributed by atoms with E-state index in [1.54, 1.807) is 27.7 Å². The number of rotatable bonds is 5. The number of benzene rings is 2. The van der Waals surface area contributed by atoms with Crippen molar-refractivity contribution in [3.8, 4) is 34.1 Å². The lowest BCUT2D eigenvalue weighted by molar-refractivity contribution is 0.355. The molecule has 0 saturated heterocycles. The number of methoxy groups -OCH3 is 3. The Morgan fingerprint density at radius 2 is 1.68 bits per heavy atom. The van der Waals surface area contributed by atoms with Crippen molar-refractivity contribution < 1.29 is 14.2 Å². The summed E-state index contributed by atoms with van der Waals surface area (Å²) in [5.41, 5.74) is 3.11. The molecule has 4 rings (SSSR count). The number of hydrogen-bond acceptors (Lipinski definition) is 6. The molecule has 7 heteroatoms. The molecule has 0 amide bonds. The van der Waals surface area contributed by atoms with Gasteiger partial charge in [0.15, 0.2) is 11.5 Å². The largest absolute Gasteiger partial charge is 0.497 e. The number of hydrogen-bond donors (Lipinski definition) is 0. The molecule has 142 valence electrons. The molecule has 0 fully saturated rings. The van der Waals surface area contributed by atoms with Crippen LogP contribution in [0.5, 0.6) is 17.2 Å². The normalized spacial score (nSPS) is 10.8. The molecule has 0 bridgehead atoms. The van der Waals surface area contributed by atoms with Crippen molar-refractivity contribution in [1.29, 1.82) is 0 Å². The predicted molar refractivity (Wildman–Crippen MR) is 110 cm³/mol. The van der Waals surface area contributed by atoms with Gasteiger partial charge in [0.25, 0.3) is 5.56 Å². The molecule has 0 saturated carbocycles. The van der Waals surface area contributed by atoms with Gasteiger partial charge in [-0.25, -0.2) is 4.98 Å². The van der Waals surface area contributed by atoms with E-state index in [0.29, 0.717) is 21.7 Å². The van der Waals surface area contributed by atoms with Crippen LogP contribution in [0.1, 0.15) is 0 Å². The first kappa shape index (κ1) is 18.1. The SMILES string of the molecule is COc1ccc(-n2cnc3c(-c4ccc(OC)c(OC)c4)csc3c2=O)cc1. The van der Waals surface area contributed by atoms with Crippen molar-refractivity contribution in [2.45, 2.75) is 0 Å². The van der Waals surface area contributed by atoms with Crippen molar-refractivity contribution in [2.75, 3.05) is 21.3 Å². The Morgan fingerprint density at radius 1 is 0.929 bits per heavy atom. The molecule has 0 N–H and O–H groups in total. The summed E-state index contributed by atoms with van der Waals surface area (Å²) >= 11 is 1.38. The summed E-state index contributed by atoms with van der Waals surface area (Å²) in [6.45, 7) is 0. The van der Waals surface area contributed by atoms with Gasteiger partial charge in [-0.05, 0) is 42.0 Å². The number of nitrogens with zero attached hydrogens (tertiary/aromatic N) is 2. The first-order valence-corrected chi connectivity index (χ1v) is 9.40. The predicted octanol–water partition coefficient (Wildman–Crippen LogP) is 4.14. The van der Waals surface area contributed by atoms with E-state index in [0.717, 1.165) is 22.6 Å². The zero-order chi connectivity index (χ0) is 19.7. The molecule has 28 heavy (non-hydrogen) atoms. The Morgan fingerprint density at radius 3 is 2.36 bits per heavy atom. The summed E-state index contributed by atoms with van der Waals surface area (Å²) in [5, 5.41) is 1.94. The Hall–Kier alpha value is -3.32. The summed E-state index contributed by atoms with van der Waals surface area (Å²) in [4.78, 5) is 17.6. The molecule has 0 atom stereocenters. The van der Waals surface area contributed by atoms with Crippen molar-refractivity contribution >= 4 is 21.6 Å². The third kappa shape index (κ3) is 2.99. The van der Waals surface area contributed by atoms with Crippen LogP contribution in [0.25, 0.3) is 27.0 Å². The molecule has 0 spiro atoms. The molecular formula is C21H18N2O4S. The maximum Gasteiger partial charge on any atom is 0.275 e. The van der Waals surface area contributed by atoms with Crippen molar-refractivity contribution in [1.82, 2.24) is 9.55 Å². The fraction of sp³-hybridized carbons (Fsp3) is 0.143. The maximum absolute atomic E-state index is 13.0. The van der Waals surface area contributed by atoms with E-state index in [9.17, 15) is 4.79 Å². The van der Waals surface area contributed by atoms with Crippen LogP contribution in [-0.4, -0.2) is 30.9 Å². The summed E-state index contributed by atoms with van der Waals surface area (Å²) in [6, 6.07) is 12.9. The molecule has 2 aromatic carbocycles. The first-order valence-electron chi connectivity index (χ1n) is 8.52. The zero-order valence-electron chi connectivity index (χ0n) is 15.6. The molecule has 2 aromatic heterocycles.